The standard InChI is InChI=1S/C16H27NO/c1-3-5-6-7-8-13-18-15-11-9-14(10-12-15)16(17)4-2/h9-12,16H,3-8,13,17H2,1-2H3. The van der Waals surface area contributed by atoms with Gasteiger partial charge in [-0.2, -0.15) is 0 Å². The number of ether oxygens (including phenoxy) is 1. The molecule has 0 aromatic heterocycles. The Kier molecular flexibility index (Phi) is 7.51. The van der Waals surface area contributed by atoms with Crippen molar-refractivity contribution in [1.82, 2.24) is 0 Å². The topological polar surface area (TPSA) is 35.2 Å². The molecule has 2 heteroatoms. The predicted octanol–water partition coefficient (Wildman–Crippen LogP) is 4.45. The summed E-state index contributed by atoms with van der Waals surface area (Å²) in [5, 5.41) is 0. The number of hydrogen-bond acceptors (Lipinski definition) is 2. The fourth-order valence-corrected chi connectivity index (χ4v) is 1.94. The normalized spacial score (nSPS) is 12.4. The average Bonchev–Trinajstić information content (AvgIpc) is 2.42. The summed E-state index contributed by atoms with van der Waals surface area (Å²) in [5.74, 6) is 0.956. The molecule has 0 spiro atoms. The van der Waals surface area contributed by atoms with Gasteiger partial charge in [-0.25, -0.2) is 0 Å². The van der Waals surface area contributed by atoms with Gasteiger partial charge in [-0.1, -0.05) is 51.7 Å². The lowest BCUT2D eigenvalue weighted by atomic mass is 10.1. The molecule has 0 saturated heterocycles. The van der Waals surface area contributed by atoms with Crippen LogP contribution < -0.4 is 10.5 Å². The van der Waals surface area contributed by atoms with Crippen LogP contribution in [0.15, 0.2) is 24.3 Å². The minimum absolute atomic E-state index is 0.146. The summed E-state index contributed by atoms with van der Waals surface area (Å²) in [6, 6.07) is 8.34. The fourth-order valence-electron chi connectivity index (χ4n) is 1.94. The maximum absolute atomic E-state index is 5.97. The Morgan fingerprint density at radius 1 is 1.00 bits per heavy atom. The molecule has 0 aliphatic heterocycles. The van der Waals surface area contributed by atoms with E-state index < -0.39 is 0 Å². The molecule has 0 aliphatic carbocycles. The van der Waals surface area contributed by atoms with Gasteiger partial charge in [0.1, 0.15) is 5.75 Å². The van der Waals surface area contributed by atoms with Crippen molar-refractivity contribution in [2.45, 2.75) is 58.4 Å². The van der Waals surface area contributed by atoms with Crippen LogP contribution in [-0.4, -0.2) is 6.61 Å². The Labute approximate surface area is 112 Å². The summed E-state index contributed by atoms with van der Waals surface area (Å²) < 4.78 is 5.71. The lowest BCUT2D eigenvalue weighted by molar-refractivity contribution is 0.304. The highest BCUT2D eigenvalue weighted by atomic mass is 16.5. The Balaban J connectivity index is 2.22. The molecule has 1 atom stereocenters. The van der Waals surface area contributed by atoms with Crippen molar-refractivity contribution in [3.8, 4) is 5.75 Å². The first kappa shape index (κ1) is 15.0. The van der Waals surface area contributed by atoms with Crippen molar-refractivity contribution in [2.75, 3.05) is 6.61 Å². The van der Waals surface area contributed by atoms with Gasteiger partial charge in [0.25, 0.3) is 0 Å². The lowest BCUT2D eigenvalue weighted by Gasteiger charge is -2.10. The molecule has 1 rings (SSSR count). The second kappa shape index (κ2) is 8.98. The number of hydrogen-bond donors (Lipinski definition) is 1. The molecule has 0 amide bonds. The number of nitrogens with two attached hydrogens (primary N) is 1. The van der Waals surface area contributed by atoms with Crippen LogP contribution in [0.25, 0.3) is 0 Å². The van der Waals surface area contributed by atoms with Crippen LogP contribution in [0.4, 0.5) is 0 Å². The second-order valence-electron chi connectivity index (χ2n) is 4.85. The van der Waals surface area contributed by atoms with E-state index >= 15 is 0 Å². The van der Waals surface area contributed by atoms with Crippen LogP contribution in [0, 0.1) is 0 Å². The first-order valence-electron chi connectivity index (χ1n) is 7.26. The molecular weight excluding hydrogens is 222 g/mol. The number of benzene rings is 1. The summed E-state index contributed by atoms with van der Waals surface area (Å²) in [6.45, 7) is 5.16. The smallest absolute Gasteiger partial charge is 0.119 e. The van der Waals surface area contributed by atoms with Gasteiger partial charge in [-0.3, -0.25) is 0 Å². The zero-order valence-corrected chi connectivity index (χ0v) is 11.8. The van der Waals surface area contributed by atoms with E-state index in [0.717, 1.165) is 25.2 Å². The van der Waals surface area contributed by atoms with Crippen molar-refractivity contribution >= 4 is 0 Å². The van der Waals surface area contributed by atoms with Crippen molar-refractivity contribution in [3.05, 3.63) is 29.8 Å². The largest absolute Gasteiger partial charge is 0.494 e. The van der Waals surface area contributed by atoms with Gasteiger partial charge >= 0.3 is 0 Å². The Morgan fingerprint density at radius 3 is 2.28 bits per heavy atom. The van der Waals surface area contributed by atoms with E-state index in [1.165, 1.54) is 31.2 Å². The third-order valence-electron chi connectivity index (χ3n) is 3.26. The monoisotopic (exact) mass is 249 g/mol. The van der Waals surface area contributed by atoms with Crippen molar-refractivity contribution in [3.63, 3.8) is 0 Å². The van der Waals surface area contributed by atoms with E-state index in [9.17, 15) is 0 Å². The van der Waals surface area contributed by atoms with Gasteiger partial charge in [-0.15, -0.1) is 0 Å². The summed E-state index contributed by atoms with van der Waals surface area (Å²) in [6.07, 6.45) is 7.34. The second-order valence-corrected chi connectivity index (χ2v) is 4.85. The molecule has 1 aromatic carbocycles. The quantitative estimate of drug-likeness (QED) is 0.656. The highest BCUT2D eigenvalue weighted by Gasteiger charge is 2.02. The molecule has 1 unspecified atom stereocenters. The van der Waals surface area contributed by atoms with Crippen LogP contribution in [0.5, 0.6) is 5.75 Å². The van der Waals surface area contributed by atoms with Gasteiger partial charge in [-0.05, 0) is 30.5 Å². The zero-order chi connectivity index (χ0) is 13.2. The molecule has 102 valence electrons. The van der Waals surface area contributed by atoms with Gasteiger partial charge in [0.2, 0.25) is 0 Å². The highest BCUT2D eigenvalue weighted by Crippen LogP contribution is 2.18. The molecule has 0 aliphatic rings. The Morgan fingerprint density at radius 2 is 1.67 bits per heavy atom. The van der Waals surface area contributed by atoms with E-state index in [2.05, 4.69) is 26.0 Å². The van der Waals surface area contributed by atoms with Crippen molar-refractivity contribution in [2.24, 2.45) is 5.73 Å². The minimum Gasteiger partial charge on any atom is -0.494 e. The van der Waals surface area contributed by atoms with Crippen LogP contribution in [0.1, 0.15) is 64.0 Å². The molecule has 0 bridgehead atoms. The molecule has 2 nitrogen and oxygen atoms in total. The SMILES string of the molecule is CCCCCCCOc1ccc(C(N)CC)cc1. The van der Waals surface area contributed by atoms with E-state index in [1.54, 1.807) is 0 Å². The van der Waals surface area contributed by atoms with Gasteiger partial charge in [0.05, 0.1) is 6.61 Å². The highest BCUT2D eigenvalue weighted by molar-refractivity contribution is 5.28. The lowest BCUT2D eigenvalue weighted by Crippen LogP contribution is -2.08. The maximum Gasteiger partial charge on any atom is 0.119 e. The molecular formula is C16H27NO. The molecule has 0 radical (unpaired) electrons. The van der Waals surface area contributed by atoms with Gasteiger partial charge < -0.3 is 10.5 Å². The summed E-state index contributed by atoms with van der Waals surface area (Å²) in [4.78, 5) is 0. The molecule has 0 heterocycles. The minimum atomic E-state index is 0.146. The number of rotatable bonds is 9. The van der Waals surface area contributed by atoms with E-state index in [-0.39, 0.29) is 6.04 Å². The van der Waals surface area contributed by atoms with Gasteiger partial charge in [0.15, 0.2) is 0 Å². The first-order valence-corrected chi connectivity index (χ1v) is 7.26. The van der Waals surface area contributed by atoms with Crippen LogP contribution >= 0.6 is 0 Å². The zero-order valence-electron chi connectivity index (χ0n) is 11.8. The van der Waals surface area contributed by atoms with Crippen molar-refractivity contribution < 1.29 is 4.74 Å². The molecule has 1 aromatic rings. The molecule has 2 N–H and O–H groups in total. The van der Waals surface area contributed by atoms with E-state index in [1.807, 2.05) is 12.1 Å². The summed E-state index contributed by atoms with van der Waals surface area (Å²) in [5.41, 5.74) is 7.16. The average molecular weight is 249 g/mol. The molecule has 0 fully saturated rings. The van der Waals surface area contributed by atoms with E-state index in [0.29, 0.717) is 0 Å². The van der Waals surface area contributed by atoms with Gasteiger partial charge in [0, 0.05) is 6.04 Å². The van der Waals surface area contributed by atoms with Crippen LogP contribution in [0.3, 0.4) is 0 Å². The summed E-state index contributed by atoms with van der Waals surface area (Å²) in [7, 11) is 0. The third-order valence-corrected chi connectivity index (χ3v) is 3.26. The molecule has 18 heavy (non-hydrogen) atoms. The predicted molar refractivity (Wildman–Crippen MR) is 77.9 cm³/mol. The van der Waals surface area contributed by atoms with Crippen molar-refractivity contribution in [1.29, 1.82) is 0 Å². The van der Waals surface area contributed by atoms with Crippen LogP contribution in [0.2, 0.25) is 0 Å². The Bertz CT molecular complexity index is 307. The van der Waals surface area contributed by atoms with Crippen LogP contribution in [-0.2, 0) is 0 Å². The third kappa shape index (κ3) is 5.54. The fraction of sp³-hybridized carbons (Fsp3) is 0.625. The summed E-state index contributed by atoms with van der Waals surface area (Å²) >= 11 is 0. The van der Waals surface area contributed by atoms with E-state index in [4.69, 9.17) is 10.5 Å². The first-order chi connectivity index (χ1) is 8.77. The Hall–Kier alpha value is -1.02. The number of unbranched alkanes of at least 4 members (excludes halogenated alkanes) is 4. The maximum atomic E-state index is 5.97. The molecule has 0 saturated carbocycles.